The van der Waals surface area contributed by atoms with Crippen LogP contribution in [0.15, 0.2) is 21.3 Å². The fourth-order valence-corrected chi connectivity index (χ4v) is 1.86. The highest BCUT2D eigenvalue weighted by atomic mass is 79.9. The van der Waals surface area contributed by atoms with Gasteiger partial charge in [-0.05, 0) is 28.4 Å². The van der Waals surface area contributed by atoms with Crippen LogP contribution in [0.2, 0.25) is 0 Å². The zero-order valence-electron chi connectivity index (χ0n) is 10.4. The molecule has 2 aromatic rings. The maximum atomic E-state index is 13.5. The first-order valence-corrected chi connectivity index (χ1v) is 6.67. The van der Waals surface area contributed by atoms with Crippen LogP contribution >= 0.6 is 15.9 Å². The summed E-state index contributed by atoms with van der Waals surface area (Å²) in [4.78, 5) is 7.75. The Morgan fingerprint density at radius 2 is 2.32 bits per heavy atom. The molecule has 0 radical (unpaired) electrons. The lowest BCUT2D eigenvalue weighted by Crippen LogP contribution is -1.98. The van der Waals surface area contributed by atoms with Crippen LogP contribution in [-0.4, -0.2) is 21.7 Å². The van der Waals surface area contributed by atoms with Crippen molar-refractivity contribution in [3.8, 4) is 0 Å². The van der Waals surface area contributed by atoms with Gasteiger partial charge < -0.3 is 9.26 Å². The molecule has 0 unspecified atom stereocenters. The number of hydrogen-bond donors (Lipinski definition) is 0. The van der Waals surface area contributed by atoms with Gasteiger partial charge in [0.1, 0.15) is 6.61 Å². The molecule has 19 heavy (non-hydrogen) atoms. The van der Waals surface area contributed by atoms with Crippen molar-refractivity contribution in [2.45, 2.75) is 26.4 Å². The summed E-state index contributed by atoms with van der Waals surface area (Å²) >= 11 is 3.24. The summed E-state index contributed by atoms with van der Waals surface area (Å²) in [6, 6.07) is 1.64. The molecule has 0 aromatic carbocycles. The van der Waals surface area contributed by atoms with Gasteiger partial charge in [0.15, 0.2) is 5.82 Å². The molecular formula is C12H13BrFN3O2. The van der Waals surface area contributed by atoms with E-state index in [-0.39, 0.29) is 13.0 Å². The number of rotatable bonds is 6. The Morgan fingerprint density at radius 1 is 1.47 bits per heavy atom. The SMILES string of the molecule is CCCOCc1nc(Cc2cc(Br)cnc2F)no1. The van der Waals surface area contributed by atoms with E-state index in [2.05, 4.69) is 31.1 Å². The molecule has 0 saturated carbocycles. The van der Waals surface area contributed by atoms with Crippen molar-refractivity contribution < 1.29 is 13.7 Å². The summed E-state index contributed by atoms with van der Waals surface area (Å²) in [7, 11) is 0. The van der Waals surface area contributed by atoms with Crippen LogP contribution in [0, 0.1) is 5.95 Å². The maximum Gasteiger partial charge on any atom is 0.252 e. The molecular weight excluding hydrogens is 317 g/mol. The third-order valence-electron chi connectivity index (χ3n) is 2.31. The van der Waals surface area contributed by atoms with E-state index in [9.17, 15) is 4.39 Å². The third-order valence-corrected chi connectivity index (χ3v) is 2.74. The van der Waals surface area contributed by atoms with E-state index in [1.54, 1.807) is 6.07 Å². The van der Waals surface area contributed by atoms with Crippen LogP contribution in [0.1, 0.15) is 30.6 Å². The Morgan fingerprint density at radius 3 is 3.11 bits per heavy atom. The summed E-state index contributed by atoms with van der Waals surface area (Å²) in [5.41, 5.74) is 0.413. The van der Waals surface area contributed by atoms with Gasteiger partial charge in [0, 0.05) is 29.3 Å². The maximum absolute atomic E-state index is 13.5. The molecule has 0 spiro atoms. The largest absolute Gasteiger partial charge is 0.372 e. The number of aromatic nitrogens is 3. The molecule has 0 fully saturated rings. The smallest absolute Gasteiger partial charge is 0.252 e. The fraction of sp³-hybridized carbons (Fsp3) is 0.417. The van der Waals surface area contributed by atoms with Crippen molar-refractivity contribution in [2.24, 2.45) is 0 Å². The number of hydrogen-bond acceptors (Lipinski definition) is 5. The molecule has 0 aliphatic rings. The van der Waals surface area contributed by atoms with Crippen LogP contribution in [0.5, 0.6) is 0 Å². The Hall–Kier alpha value is -1.34. The Kier molecular flexibility index (Phi) is 4.98. The normalized spacial score (nSPS) is 10.9. The van der Waals surface area contributed by atoms with E-state index in [4.69, 9.17) is 9.26 Å². The number of nitrogens with zero attached hydrogens (tertiary/aromatic N) is 3. The second-order valence-corrected chi connectivity index (χ2v) is 4.85. The summed E-state index contributed by atoms with van der Waals surface area (Å²) < 4.78 is 24.5. The molecule has 0 aliphatic heterocycles. The average Bonchev–Trinajstić information content (AvgIpc) is 2.82. The second kappa shape index (κ2) is 6.72. The molecule has 5 nitrogen and oxygen atoms in total. The molecule has 0 atom stereocenters. The minimum atomic E-state index is -0.531. The van der Waals surface area contributed by atoms with E-state index in [1.807, 2.05) is 6.92 Å². The first-order chi connectivity index (χ1) is 9.19. The fourth-order valence-electron chi connectivity index (χ4n) is 1.48. The van der Waals surface area contributed by atoms with Crippen molar-refractivity contribution in [1.82, 2.24) is 15.1 Å². The summed E-state index contributed by atoms with van der Waals surface area (Å²) in [6.07, 6.45) is 2.56. The topological polar surface area (TPSA) is 61.0 Å². The van der Waals surface area contributed by atoms with Gasteiger partial charge in [0.05, 0.1) is 0 Å². The van der Waals surface area contributed by atoms with Gasteiger partial charge in [0.25, 0.3) is 5.89 Å². The van der Waals surface area contributed by atoms with Crippen molar-refractivity contribution >= 4 is 15.9 Å². The van der Waals surface area contributed by atoms with Crippen molar-refractivity contribution in [1.29, 1.82) is 0 Å². The first-order valence-electron chi connectivity index (χ1n) is 5.88. The highest BCUT2D eigenvalue weighted by Gasteiger charge is 2.11. The van der Waals surface area contributed by atoms with Crippen molar-refractivity contribution in [2.75, 3.05) is 6.61 Å². The number of pyridine rings is 1. The van der Waals surface area contributed by atoms with Gasteiger partial charge in [-0.3, -0.25) is 0 Å². The summed E-state index contributed by atoms with van der Waals surface area (Å²) in [5.74, 6) is 0.275. The lowest BCUT2D eigenvalue weighted by molar-refractivity contribution is 0.0981. The van der Waals surface area contributed by atoms with Gasteiger partial charge in [-0.25, -0.2) is 4.98 Å². The lowest BCUT2D eigenvalue weighted by Gasteiger charge is -1.99. The van der Waals surface area contributed by atoms with E-state index < -0.39 is 5.95 Å². The van der Waals surface area contributed by atoms with Crippen molar-refractivity contribution in [3.63, 3.8) is 0 Å². The number of ether oxygens (including phenoxy) is 1. The molecule has 0 saturated heterocycles. The average molecular weight is 330 g/mol. The first kappa shape index (κ1) is 14.1. The minimum Gasteiger partial charge on any atom is -0.372 e. The van der Waals surface area contributed by atoms with Crippen LogP contribution in [0.4, 0.5) is 4.39 Å². The Bertz CT molecular complexity index is 548. The third kappa shape index (κ3) is 4.07. The molecule has 102 valence electrons. The Balaban J connectivity index is 2.01. The van der Waals surface area contributed by atoms with E-state index in [0.29, 0.717) is 28.4 Å². The molecule has 0 amide bonds. The van der Waals surface area contributed by atoms with Crippen LogP contribution in [0.25, 0.3) is 0 Å². The summed E-state index contributed by atoms with van der Waals surface area (Å²) in [5, 5.41) is 3.79. The monoisotopic (exact) mass is 329 g/mol. The van der Waals surface area contributed by atoms with Gasteiger partial charge in [-0.2, -0.15) is 9.37 Å². The quantitative estimate of drug-likeness (QED) is 0.602. The molecule has 0 aliphatic carbocycles. The van der Waals surface area contributed by atoms with E-state index in [0.717, 1.165) is 6.42 Å². The molecule has 0 bridgehead atoms. The number of halogens is 2. The molecule has 2 rings (SSSR count). The van der Waals surface area contributed by atoms with Gasteiger partial charge in [-0.1, -0.05) is 12.1 Å². The zero-order valence-corrected chi connectivity index (χ0v) is 12.0. The minimum absolute atomic E-state index is 0.232. The molecule has 7 heteroatoms. The van der Waals surface area contributed by atoms with Crippen molar-refractivity contribution in [3.05, 3.63) is 40.0 Å². The predicted octanol–water partition coefficient (Wildman–Crippen LogP) is 2.88. The Labute approximate surface area is 118 Å². The molecule has 2 aromatic heterocycles. The standard InChI is InChI=1S/C12H13BrFN3O2/c1-2-3-18-7-11-16-10(17-19-11)5-8-4-9(13)6-15-12(8)14/h4,6H,2-3,5,7H2,1H3. The van der Waals surface area contributed by atoms with Gasteiger partial charge in [-0.15, -0.1) is 0 Å². The zero-order chi connectivity index (χ0) is 13.7. The molecule has 0 N–H and O–H groups in total. The van der Waals surface area contributed by atoms with E-state index in [1.165, 1.54) is 6.20 Å². The van der Waals surface area contributed by atoms with Crippen LogP contribution < -0.4 is 0 Å². The highest BCUT2D eigenvalue weighted by molar-refractivity contribution is 9.10. The van der Waals surface area contributed by atoms with Crippen LogP contribution in [0.3, 0.4) is 0 Å². The molecule has 2 heterocycles. The lowest BCUT2D eigenvalue weighted by atomic mass is 10.2. The van der Waals surface area contributed by atoms with Gasteiger partial charge >= 0.3 is 0 Å². The highest BCUT2D eigenvalue weighted by Crippen LogP contribution is 2.15. The van der Waals surface area contributed by atoms with Crippen LogP contribution in [-0.2, 0) is 17.8 Å². The summed E-state index contributed by atoms with van der Waals surface area (Å²) in [6.45, 7) is 2.93. The van der Waals surface area contributed by atoms with Gasteiger partial charge in [0.2, 0.25) is 5.95 Å². The van der Waals surface area contributed by atoms with E-state index >= 15 is 0 Å². The second-order valence-electron chi connectivity index (χ2n) is 3.94. The predicted molar refractivity (Wildman–Crippen MR) is 68.9 cm³/mol.